The van der Waals surface area contributed by atoms with Gasteiger partial charge in [0, 0.05) is 10.5 Å². The molecular weight excluding hydrogens is 336 g/mol. The molecule has 0 aromatic heterocycles. The molecule has 1 unspecified atom stereocenters. The predicted molar refractivity (Wildman–Crippen MR) is 88.6 cm³/mol. The number of rotatable bonds is 6. The van der Waals surface area contributed by atoms with Gasteiger partial charge >= 0.3 is 0 Å². The first-order valence-electron chi connectivity index (χ1n) is 6.65. The number of aryl methyl sites for hydroxylation is 1. The van der Waals surface area contributed by atoms with E-state index >= 15 is 0 Å². The summed E-state index contributed by atoms with van der Waals surface area (Å²) >= 11 is 9.46. The van der Waals surface area contributed by atoms with E-state index in [2.05, 4.69) is 45.6 Å². The summed E-state index contributed by atoms with van der Waals surface area (Å²) in [4.78, 5) is 0. The molecule has 0 aliphatic heterocycles. The van der Waals surface area contributed by atoms with Gasteiger partial charge in [0.05, 0.1) is 5.02 Å². The molecule has 2 rings (SSSR count). The van der Waals surface area contributed by atoms with Gasteiger partial charge in [0.2, 0.25) is 0 Å². The van der Waals surface area contributed by atoms with Crippen LogP contribution in [-0.4, -0.2) is 0 Å². The third-order valence-electron chi connectivity index (χ3n) is 3.35. The third-order valence-corrected chi connectivity index (χ3v) is 4.56. The highest BCUT2D eigenvalue weighted by Crippen LogP contribution is 2.27. The van der Waals surface area contributed by atoms with Gasteiger partial charge in [-0.2, -0.15) is 0 Å². The van der Waals surface area contributed by atoms with Crippen molar-refractivity contribution in [1.29, 1.82) is 0 Å². The van der Waals surface area contributed by atoms with Gasteiger partial charge in [0.15, 0.2) is 0 Å². The number of halogens is 2. The summed E-state index contributed by atoms with van der Waals surface area (Å²) in [5.41, 5.74) is 5.40. The number of nitrogens with one attached hydrogen (secondary N) is 1. The average molecular weight is 354 g/mol. The minimum absolute atomic E-state index is 0.146. The fraction of sp³-hybridized carbons (Fsp3) is 0.250. The maximum absolute atomic E-state index is 6.01. The zero-order valence-corrected chi connectivity index (χ0v) is 13.5. The monoisotopic (exact) mass is 352 g/mol. The van der Waals surface area contributed by atoms with E-state index in [4.69, 9.17) is 17.4 Å². The summed E-state index contributed by atoms with van der Waals surface area (Å²) in [5, 5.41) is 0.716. The number of hydrazine groups is 1. The van der Waals surface area contributed by atoms with Crippen LogP contribution in [0.15, 0.2) is 53.0 Å². The number of hydrogen-bond donors (Lipinski definition) is 2. The Morgan fingerprint density at radius 2 is 1.90 bits per heavy atom. The summed E-state index contributed by atoms with van der Waals surface area (Å²) in [7, 11) is 0. The number of nitrogens with two attached hydrogens (primary N) is 1. The van der Waals surface area contributed by atoms with E-state index in [1.165, 1.54) is 5.56 Å². The lowest BCUT2D eigenvalue weighted by Crippen LogP contribution is -2.28. The Labute approximate surface area is 133 Å². The van der Waals surface area contributed by atoms with Crippen LogP contribution in [0.1, 0.15) is 30.0 Å². The van der Waals surface area contributed by atoms with E-state index in [-0.39, 0.29) is 6.04 Å². The van der Waals surface area contributed by atoms with E-state index in [0.717, 1.165) is 29.3 Å². The van der Waals surface area contributed by atoms with Crippen LogP contribution >= 0.6 is 27.5 Å². The lowest BCUT2D eigenvalue weighted by Gasteiger charge is -2.17. The van der Waals surface area contributed by atoms with Crippen molar-refractivity contribution in [3.8, 4) is 0 Å². The van der Waals surface area contributed by atoms with Crippen molar-refractivity contribution in [3.05, 3.63) is 69.2 Å². The predicted octanol–water partition coefficient (Wildman–Crippen LogP) is 4.63. The Morgan fingerprint density at radius 1 is 1.15 bits per heavy atom. The molecule has 0 aliphatic carbocycles. The topological polar surface area (TPSA) is 38.0 Å². The molecule has 2 nitrogen and oxygen atoms in total. The van der Waals surface area contributed by atoms with Gasteiger partial charge in [0.1, 0.15) is 0 Å². The molecule has 3 N–H and O–H groups in total. The van der Waals surface area contributed by atoms with Gasteiger partial charge in [-0.3, -0.25) is 11.3 Å². The maximum Gasteiger partial charge on any atom is 0.0548 e. The van der Waals surface area contributed by atoms with Gasteiger partial charge in [0.25, 0.3) is 0 Å². The first-order chi connectivity index (χ1) is 9.70. The van der Waals surface area contributed by atoms with Gasteiger partial charge < -0.3 is 0 Å². The van der Waals surface area contributed by atoms with Crippen molar-refractivity contribution in [1.82, 2.24) is 5.43 Å². The SMILES string of the molecule is NNC(CCCc1ccccc1)c1ccc(Cl)c(Br)c1. The minimum atomic E-state index is 0.146. The van der Waals surface area contributed by atoms with Gasteiger partial charge in [-0.05, 0) is 58.5 Å². The molecule has 2 aromatic carbocycles. The molecule has 0 amide bonds. The highest BCUT2D eigenvalue weighted by Gasteiger charge is 2.11. The fourth-order valence-corrected chi connectivity index (χ4v) is 2.74. The molecule has 1 atom stereocenters. The van der Waals surface area contributed by atoms with Gasteiger partial charge in [-0.25, -0.2) is 0 Å². The third kappa shape index (κ3) is 4.32. The van der Waals surface area contributed by atoms with Crippen molar-refractivity contribution >= 4 is 27.5 Å². The van der Waals surface area contributed by atoms with E-state index in [1.54, 1.807) is 0 Å². The largest absolute Gasteiger partial charge is 0.271 e. The molecule has 4 heteroatoms. The van der Waals surface area contributed by atoms with Crippen molar-refractivity contribution in [2.24, 2.45) is 5.84 Å². The molecule has 0 saturated heterocycles. The Kier molecular flexibility index (Phi) is 6.05. The summed E-state index contributed by atoms with van der Waals surface area (Å²) in [5.74, 6) is 5.67. The number of benzene rings is 2. The molecule has 0 bridgehead atoms. The van der Waals surface area contributed by atoms with Crippen LogP contribution in [-0.2, 0) is 6.42 Å². The van der Waals surface area contributed by atoms with Crippen LogP contribution in [0.4, 0.5) is 0 Å². The molecule has 0 aliphatic rings. The number of hydrogen-bond acceptors (Lipinski definition) is 2. The zero-order valence-electron chi connectivity index (χ0n) is 11.2. The van der Waals surface area contributed by atoms with Crippen molar-refractivity contribution in [2.45, 2.75) is 25.3 Å². The second-order valence-corrected chi connectivity index (χ2v) is 6.03. The van der Waals surface area contributed by atoms with Crippen LogP contribution in [0.3, 0.4) is 0 Å². The Hall–Kier alpha value is -0.870. The van der Waals surface area contributed by atoms with Crippen LogP contribution in [0, 0.1) is 0 Å². The molecule has 106 valence electrons. The highest BCUT2D eigenvalue weighted by molar-refractivity contribution is 9.10. The van der Waals surface area contributed by atoms with Crippen LogP contribution in [0.2, 0.25) is 5.02 Å². The molecule has 0 fully saturated rings. The quantitative estimate of drug-likeness (QED) is 0.587. The standard InChI is InChI=1S/C16H18BrClN2/c17-14-11-13(9-10-15(14)18)16(20-19)8-4-7-12-5-2-1-3-6-12/h1-3,5-6,9-11,16,20H,4,7-8,19H2. The molecular formula is C16H18BrClN2. The first-order valence-corrected chi connectivity index (χ1v) is 7.83. The van der Waals surface area contributed by atoms with E-state index in [1.807, 2.05) is 24.3 Å². The summed E-state index contributed by atoms with van der Waals surface area (Å²) in [6, 6.07) is 16.6. The average Bonchev–Trinajstić information content (AvgIpc) is 2.48. The second-order valence-electron chi connectivity index (χ2n) is 4.77. The van der Waals surface area contributed by atoms with Gasteiger partial charge in [-0.1, -0.05) is 48.0 Å². The minimum Gasteiger partial charge on any atom is -0.271 e. The summed E-state index contributed by atoms with van der Waals surface area (Å²) in [6.45, 7) is 0. The summed E-state index contributed by atoms with van der Waals surface area (Å²) < 4.78 is 0.903. The Bertz CT molecular complexity index is 545. The van der Waals surface area contributed by atoms with Crippen molar-refractivity contribution < 1.29 is 0 Å². The molecule has 0 radical (unpaired) electrons. The van der Waals surface area contributed by atoms with E-state index in [0.29, 0.717) is 5.02 Å². The van der Waals surface area contributed by atoms with Crippen molar-refractivity contribution in [2.75, 3.05) is 0 Å². The Morgan fingerprint density at radius 3 is 2.55 bits per heavy atom. The maximum atomic E-state index is 6.01. The zero-order chi connectivity index (χ0) is 14.4. The van der Waals surface area contributed by atoms with E-state index < -0.39 is 0 Å². The van der Waals surface area contributed by atoms with Crippen LogP contribution < -0.4 is 11.3 Å². The molecule has 0 saturated carbocycles. The van der Waals surface area contributed by atoms with Crippen molar-refractivity contribution in [3.63, 3.8) is 0 Å². The molecule has 0 heterocycles. The lowest BCUT2D eigenvalue weighted by atomic mass is 9.99. The van der Waals surface area contributed by atoms with E-state index in [9.17, 15) is 0 Å². The van der Waals surface area contributed by atoms with Crippen LogP contribution in [0.5, 0.6) is 0 Å². The second kappa shape index (κ2) is 7.79. The van der Waals surface area contributed by atoms with Gasteiger partial charge in [-0.15, -0.1) is 0 Å². The highest BCUT2D eigenvalue weighted by atomic mass is 79.9. The molecule has 0 spiro atoms. The lowest BCUT2D eigenvalue weighted by molar-refractivity contribution is 0.498. The molecule has 20 heavy (non-hydrogen) atoms. The first kappa shape index (κ1) is 15.5. The normalized spacial score (nSPS) is 12.3. The smallest absolute Gasteiger partial charge is 0.0548 e. The molecule has 2 aromatic rings. The Balaban J connectivity index is 1.93. The fourth-order valence-electron chi connectivity index (χ4n) is 2.23. The van der Waals surface area contributed by atoms with Crippen LogP contribution in [0.25, 0.3) is 0 Å². The summed E-state index contributed by atoms with van der Waals surface area (Å²) in [6.07, 6.45) is 3.13.